The van der Waals surface area contributed by atoms with Gasteiger partial charge in [-0.2, -0.15) is 0 Å². The average Bonchev–Trinajstić information content (AvgIpc) is 2.42. The molecule has 2 nitrogen and oxygen atoms in total. The second-order valence-corrected chi connectivity index (χ2v) is 5.86. The number of benzene rings is 1. The number of hydrogen-bond donors (Lipinski definition) is 1. The van der Waals surface area contributed by atoms with E-state index in [2.05, 4.69) is 37.9 Å². The van der Waals surface area contributed by atoms with E-state index in [1.807, 2.05) is 12.1 Å². The lowest BCUT2D eigenvalue weighted by atomic mass is 10.0. The van der Waals surface area contributed by atoms with Gasteiger partial charge in [0.25, 0.3) is 0 Å². The van der Waals surface area contributed by atoms with Crippen LogP contribution in [-0.4, -0.2) is 25.7 Å². The number of hydrogen-bond acceptors (Lipinski definition) is 2. The van der Waals surface area contributed by atoms with Crippen LogP contribution < -0.4 is 10.2 Å². The minimum Gasteiger partial charge on any atom is -0.368 e. The molecule has 1 aromatic carbocycles. The van der Waals surface area contributed by atoms with E-state index in [0.717, 1.165) is 25.6 Å². The number of anilines is 1. The Hall–Kier alpha value is -1.09. The van der Waals surface area contributed by atoms with Crippen molar-refractivity contribution in [3.05, 3.63) is 30.1 Å². The molecule has 0 aliphatic heterocycles. The Bertz CT molecular complexity index is 379. The van der Waals surface area contributed by atoms with E-state index < -0.39 is 0 Å². The van der Waals surface area contributed by atoms with Crippen LogP contribution in [0.2, 0.25) is 0 Å². The number of halogens is 1. The second-order valence-electron chi connectivity index (χ2n) is 5.86. The summed E-state index contributed by atoms with van der Waals surface area (Å²) in [5.74, 6) is 0.618. The quantitative estimate of drug-likeness (QED) is 0.733. The summed E-state index contributed by atoms with van der Waals surface area (Å²) in [6.07, 6.45) is 2.45. The zero-order chi connectivity index (χ0) is 15.0. The normalized spacial score (nSPS) is 12.7. The summed E-state index contributed by atoms with van der Waals surface area (Å²) in [5, 5.41) is 3.53. The molecule has 1 unspecified atom stereocenters. The van der Waals surface area contributed by atoms with E-state index in [1.165, 1.54) is 18.9 Å². The van der Waals surface area contributed by atoms with Gasteiger partial charge >= 0.3 is 0 Å². The van der Waals surface area contributed by atoms with Crippen LogP contribution in [-0.2, 0) is 0 Å². The maximum absolute atomic E-state index is 13.8. The number of rotatable bonds is 9. The minimum atomic E-state index is -0.137. The molecule has 0 spiro atoms. The lowest BCUT2D eigenvalue weighted by Gasteiger charge is -2.25. The molecule has 1 N–H and O–H groups in total. The van der Waals surface area contributed by atoms with Gasteiger partial charge in [-0.3, -0.25) is 0 Å². The summed E-state index contributed by atoms with van der Waals surface area (Å²) in [6.45, 7) is 11.3. The lowest BCUT2D eigenvalue weighted by molar-refractivity contribution is 0.453. The number of likely N-dealkylation sites (N-methyl/N-ethyl adjacent to an activating group) is 1. The fourth-order valence-corrected chi connectivity index (χ4v) is 2.29. The third kappa shape index (κ3) is 5.91. The highest BCUT2D eigenvalue weighted by atomic mass is 19.1. The fraction of sp³-hybridized carbons (Fsp3) is 0.647. The van der Waals surface area contributed by atoms with Crippen molar-refractivity contribution in [1.29, 1.82) is 0 Å². The smallest absolute Gasteiger partial charge is 0.146 e. The second kappa shape index (κ2) is 8.96. The molecule has 0 aliphatic rings. The first kappa shape index (κ1) is 17.0. The Morgan fingerprint density at radius 1 is 1.15 bits per heavy atom. The van der Waals surface area contributed by atoms with Gasteiger partial charge in [0, 0.05) is 25.7 Å². The van der Waals surface area contributed by atoms with Crippen molar-refractivity contribution in [2.45, 2.75) is 46.6 Å². The molecule has 0 heterocycles. The monoisotopic (exact) mass is 280 g/mol. The Morgan fingerprint density at radius 2 is 1.85 bits per heavy atom. The van der Waals surface area contributed by atoms with Gasteiger partial charge in [-0.25, -0.2) is 4.39 Å². The highest BCUT2D eigenvalue weighted by Gasteiger charge is 2.09. The van der Waals surface area contributed by atoms with E-state index in [9.17, 15) is 4.39 Å². The van der Waals surface area contributed by atoms with Gasteiger partial charge in [-0.1, -0.05) is 26.0 Å². The van der Waals surface area contributed by atoms with E-state index >= 15 is 0 Å². The molecule has 0 aliphatic carbocycles. The van der Waals surface area contributed by atoms with Crippen LogP contribution in [0.25, 0.3) is 0 Å². The van der Waals surface area contributed by atoms with Gasteiger partial charge in [-0.05, 0) is 44.7 Å². The molecule has 20 heavy (non-hydrogen) atoms. The summed E-state index contributed by atoms with van der Waals surface area (Å²) in [6, 6.07) is 7.52. The van der Waals surface area contributed by atoms with Crippen LogP contribution in [0.1, 0.15) is 40.5 Å². The zero-order valence-corrected chi connectivity index (χ0v) is 13.3. The van der Waals surface area contributed by atoms with Crippen molar-refractivity contribution in [3.8, 4) is 0 Å². The molecule has 1 rings (SSSR count). The molecule has 0 fully saturated rings. The van der Waals surface area contributed by atoms with E-state index in [0.29, 0.717) is 11.7 Å². The summed E-state index contributed by atoms with van der Waals surface area (Å²) < 4.78 is 13.8. The third-order valence-electron chi connectivity index (χ3n) is 3.63. The molecule has 0 aromatic heterocycles. The van der Waals surface area contributed by atoms with E-state index in [1.54, 1.807) is 6.07 Å². The summed E-state index contributed by atoms with van der Waals surface area (Å²) >= 11 is 0. The van der Waals surface area contributed by atoms with Crippen molar-refractivity contribution >= 4 is 5.69 Å². The lowest BCUT2D eigenvalue weighted by Crippen LogP contribution is -2.36. The number of nitrogens with one attached hydrogen (secondary N) is 1. The topological polar surface area (TPSA) is 15.3 Å². The maximum Gasteiger partial charge on any atom is 0.146 e. The van der Waals surface area contributed by atoms with Crippen molar-refractivity contribution in [1.82, 2.24) is 5.32 Å². The van der Waals surface area contributed by atoms with Crippen LogP contribution in [0.15, 0.2) is 24.3 Å². The van der Waals surface area contributed by atoms with E-state index in [-0.39, 0.29) is 5.82 Å². The van der Waals surface area contributed by atoms with E-state index in [4.69, 9.17) is 0 Å². The first-order chi connectivity index (χ1) is 9.54. The van der Waals surface area contributed by atoms with Crippen molar-refractivity contribution in [2.75, 3.05) is 24.5 Å². The van der Waals surface area contributed by atoms with Gasteiger partial charge < -0.3 is 10.2 Å². The largest absolute Gasteiger partial charge is 0.368 e. The molecular formula is C17H29FN2. The number of nitrogens with zero attached hydrogens (tertiary/aromatic N) is 1. The molecule has 1 atom stereocenters. The Kier molecular flexibility index (Phi) is 7.60. The minimum absolute atomic E-state index is 0.137. The highest BCUT2D eigenvalue weighted by Crippen LogP contribution is 2.17. The molecule has 3 heteroatoms. The summed E-state index contributed by atoms with van der Waals surface area (Å²) in [4.78, 5) is 2.08. The van der Waals surface area contributed by atoms with Gasteiger partial charge in [0.2, 0.25) is 0 Å². The van der Waals surface area contributed by atoms with Crippen LogP contribution in [0.4, 0.5) is 10.1 Å². The van der Waals surface area contributed by atoms with Crippen molar-refractivity contribution < 1.29 is 4.39 Å². The molecule has 1 aromatic rings. The Balaban J connectivity index is 2.37. The maximum atomic E-state index is 13.8. The summed E-state index contributed by atoms with van der Waals surface area (Å²) in [7, 11) is 0. The third-order valence-corrected chi connectivity index (χ3v) is 3.63. The first-order valence-corrected chi connectivity index (χ1v) is 7.77. The van der Waals surface area contributed by atoms with Crippen LogP contribution in [0, 0.1) is 11.7 Å². The van der Waals surface area contributed by atoms with Crippen molar-refractivity contribution in [3.63, 3.8) is 0 Å². The molecule has 114 valence electrons. The van der Waals surface area contributed by atoms with Gasteiger partial charge in [0.15, 0.2) is 0 Å². The van der Waals surface area contributed by atoms with Gasteiger partial charge in [-0.15, -0.1) is 0 Å². The molecule has 0 bridgehead atoms. The molecule has 0 saturated carbocycles. The number of para-hydroxylation sites is 1. The SMILES string of the molecule is CCN(CCNC(C)CCC(C)C)c1ccccc1F. The zero-order valence-electron chi connectivity index (χ0n) is 13.3. The average molecular weight is 280 g/mol. The Morgan fingerprint density at radius 3 is 2.45 bits per heavy atom. The van der Waals surface area contributed by atoms with Crippen LogP contribution >= 0.6 is 0 Å². The standard InChI is InChI=1S/C17H29FN2/c1-5-20(17-9-7-6-8-16(17)18)13-12-19-15(4)11-10-14(2)3/h6-9,14-15,19H,5,10-13H2,1-4H3. The summed E-state index contributed by atoms with van der Waals surface area (Å²) in [5.41, 5.74) is 0.701. The highest BCUT2D eigenvalue weighted by molar-refractivity contribution is 5.47. The molecule has 0 saturated heterocycles. The van der Waals surface area contributed by atoms with Gasteiger partial charge in [0.05, 0.1) is 5.69 Å². The van der Waals surface area contributed by atoms with Gasteiger partial charge in [0.1, 0.15) is 5.82 Å². The predicted molar refractivity (Wildman–Crippen MR) is 85.8 cm³/mol. The first-order valence-electron chi connectivity index (χ1n) is 7.77. The van der Waals surface area contributed by atoms with Crippen LogP contribution in [0.3, 0.4) is 0 Å². The fourth-order valence-electron chi connectivity index (χ4n) is 2.29. The molecular weight excluding hydrogens is 251 g/mol. The molecule has 0 radical (unpaired) electrons. The van der Waals surface area contributed by atoms with Crippen LogP contribution in [0.5, 0.6) is 0 Å². The predicted octanol–water partition coefficient (Wildman–Crippen LogP) is 4.07. The van der Waals surface area contributed by atoms with Crippen molar-refractivity contribution in [2.24, 2.45) is 5.92 Å². The molecule has 0 amide bonds. The Labute approximate surface area is 123 Å².